The monoisotopic (exact) mass is 332 g/mol. The van der Waals surface area contributed by atoms with Crippen LogP contribution in [0.4, 0.5) is 5.82 Å². The topological polar surface area (TPSA) is 64.7 Å². The first-order valence-electron chi connectivity index (χ1n) is 4.60. The average molecular weight is 334 g/mol. The number of hydrogen-bond donors (Lipinski definition) is 1. The molecule has 4 nitrogen and oxygen atoms in total. The van der Waals surface area contributed by atoms with E-state index in [1.54, 1.807) is 6.07 Å². The lowest BCUT2D eigenvalue weighted by Crippen LogP contribution is -2.01. The summed E-state index contributed by atoms with van der Waals surface area (Å²) in [5.74, 6) is 0.727. The van der Waals surface area contributed by atoms with Crippen molar-refractivity contribution in [3.05, 3.63) is 32.5 Å². The second-order valence-corrected chi connectivity index (χ2v) is 4.95. The summed E-state index contributed by atoms with van der Waals surface area (Å²) >= 11 is 15.1. The van der Waals surface area contributed by atoms with E-state index < -0.39 is 0 Å². The first kappa shape index (κ1) is 12.5. The summed E-state index contributed by atoms with van der Waals surface area (Å²) in [5, 5.41) is 0.846. The zero-order valence-electron chi connectivity index (χ0n) is 8.71. The van der Waals surface area contributed by atoms with Gasteiger partial charge in [-0.05, 0) is 28.9 Å². The third-order valence-electron chi connectivity index (χ3n) is 2.06. The van der Waals surface area contributed by atoms with Crippen LogP contribution in [0.5, 0.6) is 0 Å². The van der Waals surface area contributed by atoms with Crippen molar-refractivity contribution in [3.63, 3.8) is 0 Å². The fourth-order valence-corrected chi connectivity index (χ4v) is 1.91. The molecule has 0 aliphatic carbocycles. The second-order valence-electron chi connectivity index (χ2n) is 3.32. The van der Waals surface area contributed by atoms with Crippen molar-refractivity contribution < 1.29 is 0 Å². The maximum atomic E-state index is 6.03. The Morgan fingerprint density at radius 2 is 2.00 bits per heavy atom. The lowest BCUT2D eigenvalue weighted by atomic mass is 10.3. The van der Waals surface area contributed by atoms with Crippen molar-refractivity contribution in [1.29, 1.82) is 0 Å². The van der Waals surface area contributed by atoms with Crippen LogP contribution in [0, 0.1) is 6.92 Å². The molecule has 17 heavy (non-hydrogen) atoms. The molecule has 0 spiro atoms. The molecule has 0 fully saturated rings. The fraction of sp³-hybridized carbons (Fsp3) is 0.100. The molecule has 2 rings (SSSR count). The summed E-state index contributed by atoms with van der Waals surface area (Å²) in [7, 11) is 0. The third-order valence-corrected chi connectivity index (χ3v) is 3.54. The smallest absolute Gasteiger partial charge is 0.182 e. The minimum atomic E-state index is 0.348. The number of halogens is 3. The van der Waals surface area contributed by atoms with Gasteiger partial charge in [0.05, 0.1) is 20.2 Å². The zero-order valence-corrected chi connectivity index (χ0v) is 11.8. The summed E-state index contributed by atoms with van der Waals surface area (Å²) in [6.45, 7) is 1.81. The first-order chi connectivity index (χ1) is 7.99. The van der Waals surface area contributed by atoms with E-state index in [9.17, 15) is 0 Å². The number of nitrogen functional groups attached to an aromatic ring is 1. The molecule has 2 heterocycles. The van der Waals surface area contributed by atoms with Crippen LogP contribution in [0.15, 0.2) is 16.7 Å². The van der Waals surface area contributed by atoms with E-state index in [0.29, 0.717) is 31.9 Å². The van der Waals surface area contributed by atoms with E-state index in [0.717, 1.165) is 5.69 Å². The highest BCUT2D eigenvalue weighted by atomic mass is 79.9. The molecule has 0 aromatic carbocycles. The van der Waals surface area contributed by atoms with Crippen LogP contribution in [-0.2, 0) is 0 Å². The Labute approximate surface area is 116 Å². The van der Waals surface area contributed by atoms with Gasteiger partial charge in [-0.15, -0.1) is 0 Å². The molecule has 0 atom stereocenters. The van der Waals surface area contributed by atoms with E-state index in [4.69, 9.17) is 28.9 Å². The number of aromatic nitrogens is 3. The van der Waals surface area contributed by atoms with E-state index in [1.165, 1.54) is 6.20 Å². The second kappa shape index (κ2) is 4.76. The van der Waals surface area contributed by atoms with Gasteiger partial charge in [-0.1, -0.05) is 23.2 Å². The fourth-order valence-electron chi connectivity index (χ4n) is 1.27. The van der Waals surface area contributed by atoms with Crippen LogP contribution < -0.4 is 5.73 Å². The first-order valence-corrected chi connectivity index (χ1v) is 6.15. The predicted molar refractivity (Wildman–Crippen MR) is 72.1 cm³/mol. The molecule has 0 unspecified atom stereocenters. The molecule has 2 aromatic heterocycles. The molecule has 2 aromatic rings. The molecule has 0 radical (unpaired) electrons. The van der Waals surface area contributed by atoms with Crippen LogP contribution >= 0.6 is 39.1 Å². The van der Waals surface area contributed by atoms with Crippen molar-refractivity contribution in [3.8, 4) is 11.5 Å². The van der Waals surface area contributed by atoms with Gasteiger partial charge in [0.25, 0.3) is 0 Å². The Kier molecular flexibility index (Phi) is 3.51. The van der Waals surface area contributed by atoms with Crippen LogP contribution in [0.3, 0.4) is 0 Å². The highest BCUT2D eigenvalue weighted by Gasteiger charge is 2.12. The minimum absolute atomic E-state index is 0.348. The van der Waals surface area contributed by atoms with Crippen LogP contribution in [-0.4, -0.2) is 15.0 Å². The lowest BCUT2D eigenvalue weighted by Gasteiger charge is -2.06. The SMILES string of the molecule is Cc1nc(-c2ncc(Cl)cc2Cl)nc(N)c1Br. The Balaban J connectivity index is 2.61. The van der Waals surface area contributed by atoms with E-state index >= 15 is 0 Å². The van der Waals surface area contributed by atoms with Gasteiger partial charge < -0.3 is 5.73 Å². The number of anilines is 1. The maximum absolute atomic E-state index is 6.03. The molecule has 88 valence electrons. The molecule has 0 amide bonds. The Bertz CT molecular complexity index is 566. The summed E-state index contributed by atoms with van der Waals surface area (Å²) in [6, 6.07) is 1.59. The van der Waals surface area contributed by atoms with Gasteiger partial charge in [-0.25, -0.2) is 15.0 Å². The molecule has 0 saturated carbocycles. The van der Waals surface area contributed by atoms with Gasteiger partial charge in [-0.2, -0.15) is 0 Å². The van der Waals surface area contributed by atoms with Crippen molar-refractivity contribution in [1.82, 2.24) is 15.0 Å². The molecular formula is C10H7BrCl2N4. The quantitative estimate of drug-likeness (QED) is 0.867. The Morgan fingerprint density at radius 1 is 1.29 bits per heavy atom. The number of hydrogen-bond acceptors (Lipinski definition) is 4. The Hall–Kier alpha value is -0.910. The highest BCUT2D eigenvalue weighted by molar-refractivity contribution is 9.10. The largest absolute Gasteiger partial charge is 0.383 e. The number of pyridine rings is 1. The maximum Gasteiger partial charge on any atom is 0.182 e. The summed E-state index contributed by atoms with van der Waals surface area (Å²) in [4.78, 5) is 12.5. The lowest BCUT2D eigenvalue weighted by molar-refractivity contribution is 1.08. The minimum Gasteiger partial charge on any atom is -0.383 e. The summed E-state index contributed by atoms with van der Waals surface area (Å²) < 4.78 is 0.673. The van der Waals surface area contributed by atoms with Crippen LogP contribution in [0.25, 0.3) is 11.5 Å². The normalized spacial score (nSPS) is 10.6. The third kappa shape index (κ3) is 2.51. The predicted octanol–water partition coefficient (Wildman–Crippen LogP) is 3.50. The molecule has 7 heteroatoms. The average Bonchev–Trinajstić information content (AvgIpc) is 2.25. The molecular weight excluding hydrogens is 327 g/mol. The van der Waals surface area contributed by atoms with Gasteiger partial charge >= 0.3 is 0 Å². The number of aryl methyl sites for hydroxylation is 1. The van der Waals surface area contributed by atoms with Gasteiger partial charge in [0.2, 0.25) is 0 Å². The number of rotatable bonds is 1. The van der Waals surface area contributed by atoms with E-state index in [1.807, 2.05) is 6.92 Å². The van der Waals surface area contributed by atoms with Crippen molar-refractivity contribution in [2.24, 2.45) is 0 Å². The van der Waals surface area contributed by atoms with Gasteiger partial charge in [0, 0.05) is 6.20 Å². The van der Waals surface area contributed by atoms with Gasteiger partial charge in [-0.3, -0.25) is 0 Å². The highest BCUT2D eigenvalue weighted by Crippen LogP contribution is 2.28. The van der Waals surface area contributed by atoms with E-state index in [-0.39, 0.29) is 0 Å². The van der Waals surface area contributed by atoms with Crippen molar-refractivity contribution in [2.75, 3.05) is 5.73 Å². The van der Waals surface area contributed by atoms with Crippen LogP contribution in [0.2, 0.25) is 10.0 Å². The van der Waals surface area contributed by atoms with Crippen LogP contribution in [0.1, 0.15) is 5.69 Å². The molecule has 0 saturated heterocycles. The molecule has 0 aliphatic heterocycles. The van der Waals surface area contributed by atoms with Gasteiger partial charge in [0.1, 0.15) is 11.5 Å². The van der Waals surface area contributed by atoms with Gasteiger partial charge in [0.15, 0.2) is 5.82 Å². The number of nitrogens with zero attached hydrogens (tertiary/aromatic N) is 3. The zero-order chi connectivity index (χ0) is 12.6. The van der Waals surface area contributed by atoms with Crippen molar-refractivity contribution in [2.45, 2.75) is 6.92 Å². The summed E-state index contributed by atoms with van der Waals surface area (Å²) in [5.41, 5.74) is 6.92. The standard InChI is InChI=1S/C10H7BrCl2N4/c1-4-7(11)9(14)17-10(16-4)8-6(13)2-5(12)3-15-8/h2-3H,1H3,(H2,14,16,17). The molecule has 0 bridgehead atoms. The summed E-state index contributed by atoms with van der Waals surface area (Å²) in [6.07, 6.45) is 1.49. The Morgan fingerprint density at radius 3 is 2.59 bits per heavy atom. The molecule has 2 N–H and O–H groups in total. The molecule has 0 aliphatic rings. The van der Waals surface area contributed by atoms with E-state index in [2.05, 4.69) is 30.9 Å². The number of nitrogens with two attached hydrogens (primary N) is 1. The van der Waals surface area contributed by atoms with Crippen molar-refractivity contribution >= 4 is 44.9 Å².